The molecule has 0 bridgehead atoms. The fourth-order valence-corrected chi connectivity index (χ4v) is 1.19. The fraction of sp³-hybridized carbons (Fsp3) is 0.750. The highest BCUT2D eigenvalue weighted by molar-refractivity contribution is 5.87. The van der Waals surface area contributed by atoms with Crippen molar-refractivity contribution in [1.82, 2.24) is 0 Å². The topological polar surface area (TPSA) is 46.5 Å². The maximum Gasteiger partial charge on any atom is 0.333 e. The quantitative estimate of drug-likeness (QED) is 0.364. The molecule has 0 atom stereocenters. The average molecular weight is 214 g/mol. The van der Waals surface area contributed by atoms with Crippen LogP contribution in [0.1, 0.15) is 45.4 Å². The summed E-state index contributed by atoms with van der Waals surface area (Å²) in [5, 5.41) is 8.58. The molecule has 0 aliphatic carbocycles. The minimum absolute atomic E-state index is 0.0861. The number of aliphatic hydroxyl groups excluding tert-OH is 1. The molecular weight excluding hydrogens is 192 g/mol. The number of ether oxygens (including phenoxy) is 1. The molecule has 0 aliphatic rings. The van der Waals surface area contributed by atoms with Gasteiger partial charge in [0, 0.05) is 12.2 Å². The molecule has 88 valence electrons. The average Bonchev–Trinajstić information content (AvgIpc) is 2.25. The molecule has 0 saturated carbocycles. The van der Waals surface area contributed by atoms with E-state index < -0.39 is 0 Å². The van der Waals surface area contributed by atoms with Crippen molar-refractivity contribution in [2.75, 3.05) is 13.2 Å². The number of rotatable bonds is 9. The Labute approximate surface area is 92.1 Å². The summed E-state index contributed by atoms with van der Waals surface area (Å²) in [5.41, 5.74) is 0.458. The highest BCUT2D eigenvalue weighted by Gasteiger charge is 2.07. The van der Waals surface area contributed by atoms with Crippen LogP contribution in [0.4, 0.5) is 0 Å². The van der Waals surface area contributed by atoms with Gasteiger partial charge in [-0.1, -0.05) is 32.8 Å². The third-order valence-electron chi connectivity index (χ3n) is 2.16. The van der Waals surface area contributed by atoms with Crippen LogP contribution in [0.2, 0.25) is 0 Å². The summed E-state index contributed by atoms with van der Waals surface area (Å²) in [7, 11) is 0. The van der Waals surface area contributed by atoms with Crippen molar-refractivity contribution >= 4 is 5.97 Å². The van der Waals surface area contributed by atoms with Crippen LogP contribution in [-0.2, 0) is 9.53 Å². The minimum Gasteiger partial charge on any atom is -0.462 e. The molecule has 0 amide bonds. The van der Waals surface area contributed by atoms with Crippen LogP contribution in [0.25, 0.3) is 0 Å². The van der Waals surface area contributed by atoms with E-state index in [-0.39, 0.29) is 12.6 Å². The Balaban J connectivity index is 3.43. The lowest BCUT2D eigenvalue weighted by Crippen LogP contribution is -2.08. The largest absolute Gasteiger partial charge is 0.462 e. The van der Waals surface area contributed by atoms with Gasteiger partial charge < -0.3 is 9.84 Å². The van der Waals surface area contributed by atoms with Crippen molar-refractivity contribution in [3.8, 4) is 0 Å². The summed E-state index contributed by atoms with van der Waals surface area (Å²) in [5.74, 6) is -0.319. The first-order valence-corrected chi connectivity index (χ1v) is 5.68. The van der Waals surface area contributed by atoms with Gasteiger partial charge in [-0.15, -0.1) is 0 Å². The van der Waals surface area contributed by atoms with Crippen LogP contribution in [0.3, 0.4) is 0 Å². The van der Waals surface area contributed by atoms with Gasteiger partial charge in [-0.25, -0.2) is 4.79 Å². The molecule has 0 unspecified atom stereocenters. The fourth-order valence-electron chi connectivity index (χ4n) is 1.19. The zero-order valence-electron chi connectivity index (χ0n) is 9.63. The number of hydrogen-bond donors (Lipinski definition) is 1. The van der Waals surface area contributed by atoms with Crippen molar-refractivity contribution in [2.24, 2.45) is 0 Å². The van der Waals surface area contributed by atoms with Crippen molar-refractivity contribution < 1.29 is 14.6 Å². The van der Waals surface area contributed by atoms with Crippen LogP contribution >= 0.6 is 0 Å². The maximum atomic E-state index is 11.3. The summed E-state index contributed by atoms with van der Waals surface area (Å²) in [6.07, 6.45) is 5.48. The van der Waals surface area contributed by atoms with E-state index in [1.54, 1.807) is 0 Å². The van der Waals surface area contributed by atoms with Crippen LogP contribution < -0.4 is 0 Å². The first-order valence-electron chi connectivity index (χ1n) is 5.68. The molecule has 15 heavy (non-hydrogen) atoms. The zero-order chi connectivity index (χ0) is 11.5. The second-order valence-corrected chi connectivity index (χ2v) is 3.63. The van der Waals surface area contributed by atoms with Gasteiger partial charge in [-0.3, -0.25) is 0 Å². The number of unbranched alkanes of at least 4 members (excludes halogenated alkanes) is 3. The molecule has 0 radical (unpaired) electrons. The summed E-state index contributed by atoms with van der Waals surface area (Å²) in [6, 6.07) is 0. The lowest BCUT2D eigenvalue weighted by molar-refractivity contribution is -0.139. The standard InChI is InChI=1S/C12H22O3/c1-3-4-5-6-10-15-12(14)11(2)8-7-9-13/h13H,2-10H2,1H3. The Bertz CT molecular complexity index is 187. The van der Waals surface area contributed by atoms with Crippen molar-refractivity contribution in [3.05, 3.63) is 12.2 Å². The Morgan fingerprint density at radius 2 is 2.00 bits per heavy atom. The van der Waals surface area contributed by atoms with Crippen LogP contribution in [0.15, 0.2) is 12.2 Å². The Morgan fingerprint density at radius 1 is 1.27 bits per heavy atom. The molecule has 3 nitrogen and oxygen atoms in total. The third kappa shape index (κ3) is 8.18. The van der Waals surface area contributed by atoms with Gasteiger partial charge in [0.25, 0.3) is 0 Å². The molecule has 1 N–H and O–H groups in total. The second kappa shape index (κ2) is 9.71. The van der Waals surface area contributed by atoms with Gasteiger partial charge in [0.2, 0.25) is 0 Å². The second-order valence-electron chi connectivity index (χ2n) is 3.63. The minimum atomic E-state index is -0.319. The lowest BCUT2D eigenvalue weighted by atomic mass is 10.2. The molecule has 3 heteroatoms. The first kappa shape index (κ1) is 14.2. The van der Waals surface area contributed by atoms with Crippen LogP contribution in [0, 0.1) is 0 Å². The van der Waals surface area contributed by atoms with E-state index in [4.69, 9.17) is 9.84 Å². The Hall–Kier alpha value is -0.830. The summed E-state index contributed by atoms with van der Waals surface area (Å²) >= 11 is 0. The normalized spacial score (nSPS) is 10.0. The number of aliphatic hydroxyl groups is 1. The Morgan fingerprint density at radius 3 is 2.60 bits per heavy atom. The number of hydrogen-bond acceptors (Lipinski definition) is 3. The lowest BCUT2D eigenvalue weighted by Gasteiger charge is -2.06. The SMILES string of the molecule is C=C(CCCO)C(=O)OCCCCCC. The van der Waals surface area contributed by atoms with Gasteiger partial charge in [0.15, 0.2) is 0 Å². The summed E-state index contributed by atoms with van der Waals surface area (Å²) in [6.45, 7) is 6.33. The zero-order valence-corrected chi connectivity index (χ0v) is 9.63. The molecule has 0 fully saturated rings. The predicted octanol–water partition coefficient (Wildman–Crippen LogP) is 2.44. The molecule has 0 saturated heterocycles. The number of carbonyl (C=O) groups excluding carboxylic acids is 1. The van der Waals surface area contributed by atoms with E-state index in [9.17, 15) is 4.79 Å². The summed E-state index contributed by atoms with van der Waals surface area (Å²) in [4.78, 5) is 11.3. The van der Waals surface area contributed by atoms with E-state index in [1.807, 2.05) is 0 Å². The molecule has 0 aromatic heterocycles. The van der Waals surface area contributed by atoms with Gasteiger partial charge in [0.05, 0.1) is 6.61 Å². The smallest absolute Gasteiger partial charge is 0.333 e. The van der Waals surface area contributed by atoms with E-state index >= 15 is 0 Å². The summed E-state index contributed by atoms with van der Waals surface area (Å²) < 4.78 is 5.03. The van der Waals surface area contributed by atoms with E-state index in [2.05, 4.69) is 13.5 Å². The molecule has 0 spiro atoms. The van der Waals surface area contributed by atoms with Crippen molar-refractivity contribution in [2.45, 2.75) is 45.4 Å². The molecule has 0 heterocycles. The molecule has 0 rings (SSSR count). The Kier molecular flexibility index (Phi) is 9.18. The van der Waals surface area contributed by atoms with E-state index in [0.29, 0.717) is 25.0 Å². The van der Waals surface area contributed by atoms with Gasteiger partial charge in [-0.2, -0.15) is 0 Å². The van der Waals surface area contributed by atoms with Crippen LogP contribution in [0.5, 0.6) is 0 Å². The molecular formula is C12H22O3. The van der Waals surface area contributed by atoms with E-state index in [1.165, 1.54) is 12.8 Å². The monoisotopic (exact) mass is 214 g/mol. The number of esters is 1. The molecule has 0 aromatic carbocycles. The van der Waals surface area contributed by atoms with Crippen molar-refractivity contribution in [1.29, 1.82) is 0 Å². The highest BCUT2D eigenvalue weighted by Crippen LogP contribution is 2.05. The van der Waals surface area contributed by atoms with Gasteiger partial charge in [0.1, 0.15) is 0 Å². The first-order chi connectivity index (χ1) is 7.22. The number of carbonyl (C=O) groups is 1. The van der Waals surface area contributed by atoms with Gasteiger partial charge >= 0.3 is 5.97 Å². The van der Waals surface area contributed by atoms with E-state index in [0.717, 1.165) is 12.8 Å². The highest BCUT2D eigenvalue weighted by atomic mass is 16.5. The van der Waals surface area contributed by atoms with Crippen LogP contribution in [-0.4, -0.2) is 24.3 Å². The van der Waals surface area contributed by atoms with Gasteiger partial charge in [-0.05, 0) is 19.3 Å². The third-order valence-corrected chi connectivity index (χ3v) is 2.16. The maximum absolute atomic E-state index is 11.3. The molecule has 0 aliphatic heterocycles. The van der Waals surface area contributed by atoms with Crippen molar-refractivity contribution in [3.63, 3.8) is 0 Å². The molecule has 0 aromatic rings. The predicted molar refractivity (Wildman–Crippen MR) is 60.6 cm³/mol.